The van der Waals surface area contributed by atoms with E-state index in [0.717, 1.165) is 6.08 Å². The van der Waals surface area contributed by atoms with Gasteiger partial charge in [-0.05, 0) is 47.6 Å². The second kappa shape index (κ2) is 8.39. The van der Waals surface area contributed by atoms with E-state index in [1.165, 1.54) is 36.9 Å². The number of halogens is 4. The molecule has 1 aliphatic rings. The fraction of sp³-hybridized carbons (Fsp3) is 0.286. The van der Waals surface area contributed by atoms with Gasteiger partial charge in [0.1, 0.15) is 5.82 Å². The van der Waals surface area contributed by atoms with Crippen molar-refractivity contribution in [1.82, 2.24) is 35.2 Å². The zero-order valence-corrected chi connectivity index (χ0v) is 18.0. The number of carbonyl (C=O) groups is 1. The first-order chi connectivity index (χ1) is 16.0. The Morgan fingerprint density at radius 2 is 2.00 bits per heavy atom. The van der Waals surface area contributed by atoms with E-state index < -0.39 is 35.1 Å². The van der Waals surface area contributed by atoms with Gasteiger partial charge in [-0.3, -0.25) is 19.7 Å². The molecule has 4 rings (SSSR count). The van der Waals surface area contributed by atoms with Crippen molar-refractivity contribution < 1.29 is 22.4 Å². The number of alkyl halides is 3. The predicted molar refractivity (Wildman–Crippen MR) is 110 cm³/mol. The fourth-order valence-electron chi connectivity index (χ4n) is 4.03. The Hall–Kier alpha value is -4.03. The van der Waals surface area contributed by atoms with Crippen LogP contribution in [0, 0.1) is 12.7 Å². The van der Waals surface area contributed by atoms with Gasteiger partial charge in [-0.1, -0.05) is 6.92 Å². The average molecular weight is 474 g/mol. The Morgan fingerprint density at radius 1 is 1.24 bits per heavy atom. The van der Waals surface area contributed by atoms with Gasteiger partial charge in [-0.2, -0.15) is 17.9 Å². The lowest BCUT2D eigenvalue weighted by Gasteiger charge is -2.39. The van der Waals surface area contributed by atoms with E-state index in [-0.39, 0.29) is 23.4 Å². The van der Waals surface area contributed by atoms with Crippen molar-refractivity contribution in [3.63, 3.8) is 0 Å². The number of aryl methyl sites for hydroxylation is 1. The zero-order valence-electron chi connectivity index (χ0n) is 18.0. The number of aromatic nitrogens is 7. The van der Waals surface area contributed by atoms with Gasteiger partial charge in [0.15, 0.2) is 0 Å². The number of hydrogen-bond donors (Lipinski definition) is 1. The molecular weight excluding hydrogens is 456 g/mol. The maximum absolute atomic E-state index is 15.3. The van der Waals surface area contributed by atoms with Gasteiger partial charge in [-0.25, -0.2) is 4.39 Å². The summed E-state index contributed by atoms with van der Waals surface area (Å²) < 4.78 is 56.4. The first kappa shape index (κ1) is 23.1. The Balaban J connectivity index is 2.03. The van der Waals surface area contributed by atoms with E-state index in [4.69, 9.17) is 5.73 Å². The molecule has 0 saturated carbocycles. The molecule has 0 aromatic carbocycles. The summed E-state index contributed by atoms with van der Waals surface area (Å²) in [6, 6.07) is 1.25. The van der Waals surface area contributed by atoms with Crippen molar-refractivity contribution >= 4 is 11.6 Å². The van der Waals surface area contributed by atoms with E-state index in [0.29, 0.717) is 15.9 Å². The summed E-state index contributed by atoms with van der Waals surface area (Å²) in [5, 5.41) is 9.65. The number of carbonyl (C=O) groups excluding carboxylic acids is 1. The summed E-state index contributed by atoms with van der Waals surface area (Å²) in [6.07, 6.45) is 3.23. The van der Waals surface area contributed by atoms with E-state index in [9.17, 15) is 18.0 Å². The van der Waals surface area contributed by atoms with E-state index in [1.807, 2.05) is 0 Å². The number of tetrazole rings is 1. The lowest BCUT2D eigenvalue weighted by Crippen LogP contribution is -2.38. The van der Waals surface area contributed by atoms with Crippen LogP contribution in [-0.4, -0.2) is 41.1 Å². The molecule has 9 nitrogen and oxygen atoms in total. The molecule has 3 heterocycles. The van der Waals surface area contributed by atoms with Crippen molar-refractivity contribution in [3.05, 3.63) is 77.2 Å². The molecule has 1 amide bonds. The monoisotopic (exact) mass is 474 g/mol. The number of amides is 1. The quantitative estimate of drug-likeness (QED) is 0.564. The highest BCUT2D eigenvalue weighted by Crippen LogP contribution is 2.48. The highest BCUT2D eigenvalue weighted by molar-refractivity contribution is 5.95. The van der Waals surface area contributed by atoms with Crippen LogP contribution in [0.4, 0.5) is 17.6 Å². The van der Waals surface area contributed by atoms with Gasteiger partial charge >= 0.3 is 6.18 Å². The van der Waals surface area contributed by atoms with Crippen LogP contribution < -0.4 is 5.73 Å². The molecule has 0 aliphatic heterocycles. The second-order valence-corrected chi connectivity index (χ2v) is 7.93. The highest BCUT2D eigenvalue weighted by Gasteiger charge is 2.46. The smallest absolute Gasteiger partial charge is 0.366 e. The summed E-state index contributed by atoms with van der Waals surface area (Å²) >= 11 is 0. The largest absolute Gasteiger partial charge is 0.453 e. The molecule has 2 atom stereocenters. The van der Waals surface area contributed by atoms with Crippen LogP contribution in [-0.2, 0) is 16.4 Å². The van der Waals surface area contributed by atoms with Gasteiger partial charge in [-0.15, -0.1) is 5.10 Å². The van der Waals surface area contributed by atoms with E-state index in [1.54, 1.807) is 13.8 Å². The minimum Gasteiger partial charge on any atom is -0.366 e. The Labute approximate surface area is 190 Å². The molecule has 2 unspecified atom stereocenters. The van der Waals surface area contributed by atoms with Gasteiger partial charge in [0, 0.05) is 41.7 Å². The number of hydrogen-bond acceptors (Lipinski definition) is 7. The van der Waals surface area contributed by atoms with E-state index >= 15 is 4.39 Å². The Kier molecular flexibility index (Phi) is 5.71. The van der Waals surface area contributed by atoms with Crippen molar-refractivity contribution in [2.24, 2.45) is 5.73 Å². The summed E-state index contributed by atoms with van der Waals surface area (Å²) in [6.45, 7) is 3.33. The van der Waals surface area contributed by atoms with Crippen LogP contribution in [0.15, 0.2) is 48.6 Å². The number of rotatable bonds is 5. The third-order valence-electron chi connectivity index (χ3n) is 5.71. The minimum atomic E-state index is -4.89. The van der Waals surface area contributed by atoms with Crippen LogP contribution in [0.2, 0.25) is 0 Å². The molecule has 176 valence electrons. The van der Waals surface area contributed by atoms with Gasteiger partial charge in [0.25, 0.3) is 5.82 Å². The molecule has 0 fully saturated rings. The number of nitrogens with zero attached hydrogens (tertiary/aromatic N) is 7. The molecule has 0 bridgehead atoms. The maximum atomic E-state index is 15.3. The van der Waals surface area contributed by atoms with Crippen LogP contribution >= 0.6 is 0 Å². The molecule has 3 aromatic rings. The number of nitrogens with two attached hydrogens (primary N) is 1. The van der Waals surface area contributed by atoms with Gasteiger partial charge < -0.3 is 5.73 Å². The lowest BCUT2D eigenvalue weighted by atomic mass is 9.65. The van der Waals surface area contributed by atoms with E-state index in [2.05, 4.69) is 30.5 Å². The standard InChI is InChI=1S/C21H18F4N8O/c1-11-5-15(22)17(29-9-11)20(12(2)16-10-27-3-4-28-16)7-13(18(26)34)6-14(8-20)33-19(21(23,24)25)30-31-32-33/h3-6,8-10,12H,7H2,1-2H3,(H2,26,34). The molecule has 1 aliphatic carbocycles. The second-order valence-electron chi connectivity index (χ2n) is 7.93. The summed E-state index contributed by atoms with van der Waals surface area (Å²) in [5.41, 5.74) is 4.64. The van der Waals surface area contributed by atoms with Crippen LogP contribution in [0.25, 0.3) is 5.70 Å². The SMILES string of the molecule is Cc1cnc(C2(C(C)c3cnccn3)C=C(n3nnnc3C(F)(F)F)C=C(C(N)=O)C2)c(F)c1. The predicted octanol–water partition coefficient (Wildman–Crippen LogP) is 2.72. The normalized spacial score (nSPS) is 19.4. The number of primary amides is 1. The van der Waals surface area contributed by atoms with Crippen molar-refractivity contribution in [2.75, 3.05) is 0 Å². The molecule has 0 radical (unpaired) electrons. The minimum absolute atomic E-state index is 0.0568. The Morgan fingerprint density at radius 3 is 2.62 bits per heavy atom. The molecule has 13 heteroatoms. The van der Waals surface area contributed by atoms with Crippen LogP contribution in [0.1, 0.15) is 42.0 Å². The topological polar surface area (TPSA) is 125 Å². The summed E-state index contributed by atoms with van der Waals surface area (Å²) in [4.78, 5) is 24.9. The summed E-state index contributed by atoms with van der Waals surface area (Å²) in [5.74, 6) is -3.71. The third-order valence-corrected chi connectivity index (χ3v) is 5.71. The zero-order chi connectivity index (χ0) is 24.7. The third kappa shape index (κ3) is 4.04. The first-order valence-corrected chi connectivity index (χ1v) is 10.0. The van der Waals surface area contributed by atoms with Gasteiger partial charge in [0.2, 0.25) is 5.91 Å². The number of pyridine rings is 1. The average Bonchev–Trinajstić information content (AvgIpc) is 3.29. The van der Waals surface area contributed by atoms with Crippen LogP contribution in [0.5, 0.6) is 0 Å². The fourth-order valence-corrected chi connectivity index (χ4v) is 4.03. The molecular formula is C21H18F4N8O. The summed E-state index contributed by atoms with van der Waals surface area (Å²) in [7, 11) is 0. The molecule has 0 saturated heterocycles. The highest BCUT2D eigenvalue weighted by atomic mass is 19.4. The van der Waals surface area contributed by atoms with Crippen molar-refractivity contribution in [3.8, 4) is 0 Å². The molecule has 3 aromatic heterocycles. The first-order valence-electron chi connectivity index (χ1n) is 10.0. The molecule has 34 heavy (non-hydrogen) atoms. The van der Waals surface area contributed by atoms with Gasteiger partial charge in [0.05, 0.1) is 17.1 Å². The molecule has 0 spiro atoms. The van der Waals surface area contributed by atoms with Crippen LogP contribution in [0.3, 0.4) is 0 Å². The van der Waals surface area contributed by atoms with Crippen molar-refractivity contribution in [2.45, 2.75) is 37.8 Å². The lowest BCUT2D eigenvalue weighted by molar-refractivity contribution is -0.146. The maximum Gasteiger partial charge on any atom is 0.453 e. The molecule has 2 N–H and O–H groups in total. The Bertz CT molecular complexity index is 1300. The number of allylic oxidation sites excluding steroid dienone is 3. The van der Waals surface area contributed by atoms with Crippen molar-refractivity contribution in [1.29, 1.82) is 0 Å².